The Hall–Kier alpha value is -0.510. The highest BCUT2D eigenvalue weighted by molar-refractivity contribution is 8.76. The van der Waals surface area contributed by atoms with Gasteiger partial charge in [-0.3, -0.25) is 4.79 Å². The molecule has 0 aliphatic heterocycles. The molecule has 9 heteroatoms. The fourth-order valence-corrected chi connectivity index (χ4v) is 5.90. The van der Waals surface area contributed by atoms with Gasteiger partial charge in [-0.05, 0) is 68.0 Å². The van der Waals surface area contributed by atoms with Crippen LogP contribution in [0.4, 0.5) is 4.79 Å². The quantitative estimate of drug-likeness (QED) is 0.341. The first-order valence-electron chi connectivity index (χ1n) is 8.68. The van der Waals surface area contributed by atoms with Crippen molar-refractivity contribution in [1.82, 2.24) is 5.32 Å². The zero-order chi connectivity index (χ0) is 20.3. The first-order chi connectivity index (χ1) is 12.7. The summed E-state index contributed by atoms with van der Waals surface area (Å²) in [4.78, 5) is 23.5. The topological polar surface area (TPSA) is 75.6 Å². The molecule has 1 amide bonds. The minimum Gasteiger partial charge on any atom is -0.481 e. The molecular formula is C18H29NO4S4. The summed E-state index contributed by atoms with van der Waals surface area (Å²) in [6.45, 7) is 5.52. The molecule has 0 fully saturated rings. The SMILES string of the molecule is CSCC[C@@H](CSSC[C@@H](Cc1ccsc1)C(=O)O)NC(=O)OC(C)(C)C. The van der Waals surface area contributed by atoms with Crippen LogP contribution in [0.15, 0.2) is 16.8 Å². The molecule has 0 spiro atoms. The zero-order valence-electron chi connectivity index (χ0n) is 16.2. The minimum absolute atomic E-state index is 0.00459. The van der Waals surface area contributed by atoms with Crippen LogP contribution in [0.3, 0.4) is 0 Å². The number of amides is 1. The molecule has 1 heterocycles. The molecule has 1 rings (SSSR count). The average molecular weight is 452 g/mol. The summed E-state index contributed by atoms with van der Waals surface area (Å²) >= 11 is 3.32. The van der Waals surface area contributed by atoms with E-state index in [2.05, 4.69) is 5.32 Å². The molecular weight excluding hydrogens is 422 g/mol. The van der Waals surface area contributed by atoms with Gasteiger partial charge in [-0.15, -0.1) is 0 Å². The summed E-state index contributed by atoms with van der Waals surface area (Å²) in [7, 11) is 3.16. The molecule has 1 aromatic rings. The Kier molecular flexibility index (Phi) is 11.7. The van der Waals surface area contributed by atoms with Gasteiger partial charge in [-0.1, -0.05) is 21.6 Å². The Labute approximate surface area is 178 Å². The lowest BCUT2D eigenvalue weighted by molar-refractivity contribution is -0.140. The third-order valence-electron chi connectivity index (χ3n) is 3.42. The van der Waals surface area contributed by atoms with Gasteiger partial charge in [0.15, 0.2) is 0 Å². The summed E-state index contributed by atoms with van der Waals surface area (Å²) in [6.07, 6.45) is 3.04. The second-order valence-electron chi connectivity index (χ2n) is 7.06. The molecule has 0 saturated heterocycles. The third kappa shape index (κ3) is 11.8. The maximum absolute atomic E-state index is 12.0. The average Bonchev–Trinajstić information content (AvgIpc) is 3.06. The summed E-state index contributed by atoms with van der Waals surface area (Å²) in [5, 5.41) is 16.3. The van der Waals surface area contributed by atoms with Crippen LogP contribution >= 0.6 is 44.7 Å². The first-order valence-corrected chi connectivity index (χ1v) is 13.5. The molecule has 154 valence electrons. The predicted molar refractivity (Wildman–Crippen MR) is 120 cm³/mol. The zero-order valence-corrected chi connectivity index (χ0v) is 19.5. The minimum atomic E-state index is -0.764. The van der Waals surface area contributed by atoms with E-state index in [1.165, 1.54) is 0 Å². The fraction of sp³-hybridized carbons (Fsp3) is 0.667. The molecule has 5 nitrogen and oxygen atoms in total. The van der Waals surface area contributed by atoms with Gasteiger partial charge >= 0.3 is 12.1 Å². The van der Waals surface area contributed by atoms with E-state index in [1.54, 1.807) is 44.7 Å². The molecule has 0 unspecified atom stereocenters. The van der Waals surface area contributed by atoms with Crippen molar-refractivity contribution in [3.8, 4) is 0 Å². The monoisotopic (exact) mass is 451 g/mol. The van der Waals surface area contributed by atoms with Gasteiger partial charge in [0.25, 0.3) is 0 Å². The highest BCUT2D eigenvalue weighted by Crippen LogP contribution is 2.27. The number of hydrogen-bond donors (Lipinski definition) is 2. The second kappa shape index (κ2) is 12.9. The van der Waals surface area contributed by atoms with Gasteiger partial charge in [0.2, 0.25) is 0 Å². The molecule has 0 aliphatic rings. The number of aliphatic carboxylic acids is 1. The molecule has 2 N–H and O–H groups in total. The number of alkyl carbamates (subject to hydrolysis) is 1. The molecule has 0 saturated carbocycles. The van der Waals surface area contributed by atoms with E-state index in [0.717, 1.165) is 23.5 Å². The Bertz CT molecular complexity index is 560. The smallest absolute Gasteiger partial charge is 0.407 e. The van der Waals surface area contributed by atoms with E-state index in [9.17, 15) is 14.7 Å². The summed E-state index contributed by atoms with van der Waals surface area (Å²) in [5.74, 6) is 1.04. The lowest BCUT2D eigenvalue weighted by atomic mass is 10.0. The number of carboxylic acid groups (broad SMARTS) is 1. The number of ether oxygens (including phenoxy) is 1. The highest BCUT2D eigenvalue weighted by Gasteiger charge is 2.21. The molecule has 1 aromatic heterocycles. The lowest BCUT2D eigenvalue weighted by Crippen LogP contribution is -2.40. The van der Waals surface area contributed by atoms with Crippen molar-refractivity contribution in [2.75, 3.05) is 23.5 Å². The van der Waals surface area contributed by atoms with Gasteiger partial charge in [0.1, 0.15) is 5.60 Å². The molecule has 27 heavy (non-hydrogen) atoms. The first kappa shape index (κ1) is 24.5. The van der Waals surface area contributed by atoms with E-state index in [0.29, 0.717) is 12.2 Å². The van der Waals surface area contributed by atoms with Crippen molar-refractivity contribution in [2.45, 2.75) is 45.3 Å². The Morgan fingerprint density at radius 2 is 2.00 bits per heavy atom. The number of nitrogens with one attached hydrogen (secondary N) is 1. The van der Waals surface area contributed by atoms with E-state index >= 15 is 0 Å². The number of rotatable bonds is 12. The van der Waals surface area contributed by atoms with Gasteiger partial charge in [0.05, 0.1) is 5.92 Å². The van der Waals surface area contributed by atoms with E-state index < -0.39 is 23.6 Å². The van der Waals surface area contributed by atoms with Crippen LogP contribution < -0.4 is 5.32 Å². The molecule has 2 atom stereocenters. The van der Waals surface area contributed by atoms with Crippen molar-refractivity contribution in [2.24, 2.45) is 5.92 Å². The van der Waals surface area contributed by atoms with Crippen molar-refractivity contribution in [3.63, 3.8) is 0 Å². The number of thioether (sulfide) groups is 1. The predicted octanol–water partition coefficient (Wildman–Crippen LogP) is 5.02. The molecule has 0 aromatic carbocycles. The van der Waals surface area contributed by atoms with Crippen LogP contribution in [-0.4, -0.2) is 52.3 Å². The van der Waals surface area contributed by atoms with Crippen molar-refractivity contribution in [3.05, 3.63) is 22.4 Å². The largest absolute Gasteiger partial charge is 0.481 e. The van der Waals surface area contributed by atoms with E-state index in [1.807, 2.05) is 43.9 Å². The summed E-state index contributed by atoms with van der Waals surface area (Å²) in [5.41, 5.74) is 0.550. The standard InChI is InChI=1S/C18H29NO4S4/c1-18(2,3)23-17(22)19-15(6-7-24-4)12-27-26-11-14(16(20)21)9-13-5-8-25-10-13/h5,8,10,14-15H,6-7,9,11-12H2,1-4H3,(H,19,22)(H,20,21)/t14-,15+/m1/s1. The normalized spacial score (nSPS) is 13.8. The fourth-order valence-electron chi connectivity index (χ4n) is 2.10. The maximum Gasteiger partial charge on any atom is 0.407 e. The van der Waals surface area contributed by atoms with Crippen LogP contribution in [0.1, 0.15) is 32.8 Å². The maximum atomic E-state index is 12.0. The number of carboxylic acids is 1. The van der Waals surface area contributed by atoms with Crippen molar-refractivity contribution < 1.29 is 19.4 Å². The van der Waals surface area contributed by atoms with Crippen LogP contribution in [0.2, 0.25) is 0 Å². The number of carbonyl (C=O) groups excluding carboxylic acids is 1. The van der Waals surface area contributed by atoms with Crippen LogP contribution in [0.25, 0.3) is 0 Å². The number of thiophene rings is 1. The van der Waals surface area contributed by atoms with E-state index in [4.69, 9.17) is 4.74 Å². The van der Waals surface area contributed by atoms with Crippen LogP contribution in [0.5, 0.6) is 0 Å². The second-order valence-corrected chi connectivity index (χ2v) is 11.4. The van der Waals surface area contributed by atoms with Gasteiger partial charge in [0, 0.05) is 17.5 Å². The number of hydrogen-bond acceptors (Lipinski definition) is 7. The summed E-state index contributed by atoms with van der Waals surface area (Å²) < 4.78 is 5.33. The Balaban J connectivity index is 2.42. The van der Waals surface area contributed by atoms with Crippen molar-refractivity contribution >= 4 is 56.7 Å². The van der Waals surface area contributed by atoms with Crippen molar-refractivity contribution in [1.29, 1.82) is 0 Å². The Morgan fingerprint density at radius 3 is 2.56 bits per heavy atom. The van der Waals surface area contributed by atoms with Gasteiger partial charge < -0.3 is 15.2 Å². The molecule has 0 bridgehead atoms. The highest BCUT2D eigenvalue weighted by atomic mass is 33.1. The molecule has 0 aliphatic carbocycles. The van der Waals surface area contributed by atoms with Gasteiger partial charge in [-0.2, -0.15) is 23.1 Å². The summed E-state index contributed by atoms with van der Waals surface area (Å²) in [6, 6.07) is 1.98. The molecule has 0 radical (unpaired) electrons. The van der Waals surface area contributed by atoms with E-state index in [-0.39, 0.29) is 6.04 Å². The Morgan fingerprint density at radius 1 is 1.30 bits per heavy atom. The van der Waals surface area contributed by atoms with Gasteiger partial charge in [-0.25, -0.2) is 4.79 Å². The number of carbonyl (C=O) groups is 2. The van der Waals surface area contributed by atoms with Crippen LogP contribution in [-0.2, 0) is 16.0 Å². The lowest BCUT2D eigenvalue weighted by Gasteiger charge is -2.23. The third-order valence-corrected chi connectivity index (χ3v) is 7.36. The van der Waals surface area contributed by atoms with Crippen LogP contribution in [0, 0.1) is 5.92 Å².